The molecule has 8 heteroatoms. The molecule has 8 nitrogen and oxygen atoms in total. The predicted molar refractivity (Wildman–Crippen MR) is 148 cm³/mol. The second-order valence-corrected chi connectivity index (χ2v) is 10.3. The van der Waals surface area contributed by atoms with E-state index >= 15 is 0 Å². The molecule has 0 spiro atoms. The number of hydrogen-bond donors (Lipinski definition) is 0. The van der Waals surface area contributed by atoms with E-state index in [2.05, 4.69) is 26.0 Å². The topological polar surface area (TPSA) is 98.1 Å². The van der Waals surface area contributed by atoms with Gasteiger partial charge in [0.1, 0.15) is 36.4 Å². The highest BCUT2D eigenvalue weighted by Crippen LogP contribution is 2.39. The van der Waals surface area contributed by atoms with Gasteiger partial charge in [-0.15, -0.1) is 0 Å². The Morgan fingerprint density at radius 1 is 1.05 bits per heavy atom. The first kappa shape index (κ1) is 27.1. The van der Waals surface area contributed by atoms with Crippen LogP contribution in [0.15, 0.2) is 54.6 Å². The number of carbonyl (C=O) groups is 2. The molecule has 5 rings (SSSR count). The molecule has 1 amide bonds. The summed E-state index contributed by atoms with van der Waals surface area (Å²) in [5, 5.41) is 8.70. The minimum absolute atomic E-state index is 0.00140. The summed E-state index contributed by atoms with van der Waals surface area (Å²) in [4.78, 5) is 25.1. The second kappa shape index (κ2) is 11.7. The molecule has 2 aliphatic rings. The van der Waals surface area contributed by atoms with Crippen molar-refractivity contribution in [2.75, 3.05) is 26.8 Å². The molecule has 0 aromatic heterocycles. The van der Waals surface area contributed by atoms with Crippen LogP contribution in [0.5, 0.6) is 17.2 Å². The molecule has 40 heavy (non-hydrogen) atoms. The normalized spacial score (nSPS) is 15.8. The molecule has 1 unspecified atom stereocenters. The summed E-state index contributed by atoms with van der Waals surface area (Å²) in [6, 6.07) is 20.0. The SMILES string of the molecule is COC(=O)CC1COc2cc(OCc3cccc(-c4c(C)cc(OC5CN(C(=O)CC#N)C5)cc4C)c3)ccc21. The summed E-state index contributed by atoms with van der Waals surface area (Å²) < 4.78 is 22.8. The lowest BCUT2D eigenvalue weighted by molar-refractivity contribution is -0.141. The molecule has 0 saturated carbocycles. The summed E-state index contributed by atoms with van der Waals surface area (Å²) in [6.07, 6.45) is 0.146. The molecule has 0 N–H and O–H groups in total. The molecule has 2 heterocycles. The molecule has 0 aliphatic carbocycles. The van der Waals surface area contributed by atoms with Crippen molar-refractivity contribution in [1.82, 2.24) is 4.90 Å². The predicted octanol–water partition coefficient (Wildman–Crippen LogP) is 5.09. The summed E-state index contributed by atoms with van der Waals surface area (Å²) in [7, 11) is 1.40. The van der Waals surface area contributed by atoms with Gasteiger partial charge < -0.3 is 23.8 Å². The first-order chi connectivity index (χ1) is 19.3. The van der Waals surface area contributed by atoms with Crippen LogP contribution in [-0.4, -0.2) is 49.7 Å². The van der Waals surface area contributed by atoms with Gasteiger partial charge in [0.25, 0.3) is 0 Å². The van der Waals surface area contributed by atoms with Crippen LogP contribution in [0, 0.1) is 25.2 Å². The Bertz CT molecular complexity index is 1450. The number of hydrogen-bond acceptors (Lipinski definition) is 7. The smallest absolute Gasteiger partial charge is 0.306 e. The lowest BCUT2D eigenvalue weighted by atomic mass is 9.94. The standard InChI is InChI=1S/C32H32N2O6/c1-20-11-26(40-27-16-34(17-27)30(35)9-10-33)12-21(2)32(20)23-6-4-5-22(13-23)18-38-25-7-8-28-24(14-31(36)37-3)19-39-29(28)15-25/h4-8,11-13,15,24,27H,9,14,16-19H2,1-3H3. The minimum Gasteiger partial charge on any atom is -0.492 e. The molecule has 206 valence electrons. The van der Waals surface area contributed by atoms with Gasteiger partial charge in [0.05, 0.1) is 39.3 Å². The van der Waals surface area contributed by atoms with Gasteiger partial charge in [0.2, 0.25) is 5.91 Å². The van der Waals surface area contributed by atoms with E-state index in [1.54, 1.807) is 4.90 Å². The number of nitrogens with zero attached hydrogens (tertiary/aromatic N) is 2. The summed E-state index contributed by atoms with van der Waals surface area (Å²) in [5.74, 6) is 1.84. The van der Waals surface area contributed by atoms with E-state index in [1.165, 1.54) is 7.11 Å². The van der Waals surface area contributed by atoms with Crippen molar-refractivity contribution in [2.45, 2.75) is 45.3 Å². The Kier molecular flexibility index (Phi) is 7.92. The maximum absolute atomic E-state index is 11.8. The second-order valence-electron chi connectivity index (χ2n) is 10.3. The fraction of sp³-hybridized carbons (Fsp3) is 0.344. The van der Waals surface area contributed by atoms with Crippen LogP contribution in [0.4, 0.5) is 0 Å². The fourth-order valence-electron chi connectivity index (χ4n) is 5.32. The summed E-state index contributed by atoms with van der Waals surface area (Å²) in [5.41, 5.74) is 6.49. The van der Waals surface area contributed by atoms with Crippen LogP contribution < -0.4 is 14.2 Å². The Morgan fingerprint density at radius 2 is 1.82 bits per heavy atom. The van der Waals surface area contributed by atoms with Crippen molar-refractivity contribution >= 4 is 11.9 Å². The van der Waals surface area contributed by atoms with Crippen LogP contribution >= 0.6 is 0 Å². The monoisotopic (exact) mass is 540 g/mol. The zero-order chi connectivity index (χ0) is 28.2. The number of fused-ring (bicyclic) bond motifs is 1. The molecule has 1 saturated heterocycles. The molecular weight excluding hydrogens is 508 g/mol. The Hall–Kier alpha value is -4.51. The molecule has 1 fully saturated rings. The number of amides is 1. The van der Waals surface area contributed by atoms with Gasteiger partial charge >= 0.3 is 5.97 Å². The number of carbonyl (C=O) groups excluding carboxylic acids is 2. The van der Waals surface area contributed by atoms with Crippen molar-refractivity contribution < 1.29 is 28.5 Å². The maximum Gasteiger partial charge on any atom is 0.306 e. The lowest BCUT2D eigenvalue weighted by Gasteiger charge is -2.38. The van der Waals surface area contributed by atoms with Gasteiger partial charge in [-0.05, 0) is 65.9 Å². The Balaban J connectivity index is 1.22. The summed E-state index contributed by atoms with van der Waals surface area (Å²) >= 11 is 0. The third-order valence-corrected chi connectivity index (χ3v) is 7.37. The van der Waals surface area contributed by atoms with Crippen LogP contribution in [0.2, 0.25) is 0 Å². The van der Waals surface area contributed by atoms with Gasteiger partial charge in [-0.1, -0.05) is 24.3 Å². The van der Waals surface area contributed by atoms with Crippen molar-refractivity contribution in [2.24, 2.45) is 0 Å². The molecule has 3 aromatic rings. The van der Waals surface area contributed by atoms with E-state index in [9.17, 15) is 9.59 Å². The molecule has 0 bridgehead atoms. The number of methoxy groups -OCH3 is 1. The molecular formula is C32H32N2O6. The highest BCUT2D eigenvalue weighted by atomic mass is 16.5. The number of likely N-dealkylation sites (tertiary alicyclic amines) is 1. The van der Waals surface area contributed by atoms with Gasteiger partial charge in [-0.2, -0.15) is 5.26 Å². The van der Waals surface area contributed by atoms with E-state index in [0.29, 0.717) is 38.5 Å². The van der Waals surface area contributed by atoms with Crippen molar-refractivity contribution in [1.29, 1.82) is 5.26 Å². The number of rotatable bonds is 9. The Labute approximate surface area is 234 Å². The first-order valence-corrected chi connectivity index (χ1v) is 13.3. The first-order valence-electron chi connectivity index (χ1n) is 13.3. The van der Waals surface area contributed by atoms with Crippen LogP contribution in [-0.2, 0) is 20.9 Å². The summed E-state index contributed by atoms with van der Waals surface area (Å²) in [6.45, 7) is 6.01. The van der Waals surface area contributed by atoms with Gasteiger partial charge in [0, 0.05) is 17.5 Å². The molecule has 2 aliphatic heterocycles. The van der Waals surface area contributed by atoms with Crippen LogP contribution in [0.3, 0.4) is 0 Å². The van der Waals surface area contributed by atoms with Crippen molar-refractivity contribution in [3.05, 3.63) is 76.9 Å². The zero-order valence-corrected chi connectivity index (χ0v) is 22.9. The third kappa shape index (κ3) is 5.89. The maximum atomic E-state index is 11.8. The van der Waals surface area contributed by atoms with E-state index in [-0.39, 0.29) is 30.3 Å². The minimum atomic E-state index is -0.245. The molecule has 0 radical (unpaired) electrons. The quantitative estimate of drug-likeness (QED) is 0.349. The van der Waals surface area contributed by atoms with Gasteiger partial charge in [-0.25, -0.2) is 0 Å². The van der Waals surface area contributed by atoms with Crippen LogP contribution in [0.25, 0.3) is 11.1 Å². The highest BCUT2D eigenvalue weighted by Gasteiger charge is 2.32. The zero-order valence-electron chi connectivity index (χ0n) is 22.9. The number of nitriles is 1. The average molecular weight is 541 g/mol. The lowest BCUT2D eigenvalue weighted by Crippen LogP contribution is -2.56. The molecule has 1 atom stereocenters. The van der Waals surface area contributed by atoms with Gasteiger partial charge in [0.15, 0.2) is 0 Å². The third-order valence-electron chi connectivity index (χ3n) is 7.37. The van der Waals surface area contributed by atoms with Crippen LogP contribution in [0.1, 0.15) is 41.0 Å². The van der Waals surface area contributed by atoms with E-state index in [0.717, 1.165) is 44.9 Å². The van der Waals surface area contributed by atoms with Crippen molar-refractivity contribution in [3.63, 3.8) is 0 Å². The number of ether oxygens (including phenoxy) is 4. The van der Waals surface area contributed by atoms with E-state index < -0.39 is 0 Å². The van der Waals surface area contributed by atoms with E-state index in [4.69, 9.17) is 24.2 Å². The number of esters is 1. The number of benzene rings is 3. The average Bonchev–Trinajstić information content (AvgIpc) is 3.31. The number of aryl methyl sites for hydroxylation is 2. The van der Waals surface area contributed by atoms with E-state index in [1.807, 2.05) is 48.5 Å². The fourth-order valence-corrected chi connectivity index (χ4v) is 5.32. The largest absolute Gasteiger partial charge is 0.492 e. The highest BCUT2D eigenvalue weighted by molar-refractivity contribution is 5.79. The van der Waals surface area contributed by atoms with Crippen molar-refractivity contribution in [3.8, 4) is 34.4 Å². The molecule has 3 aromatic carbocycles. The van der Waals surface area contributed by atoms with Gasteiger partial charge in [-0.3, -0.25) is 9.59 Å². The Morgan fingerprint density at radius 3 is 2.55 bits per heavy atom.